The van der Waals surface area contributed by atoms with E-state index < -0.39 is 0 Å². The lowest BCUT2D eigenvalue weighted by Gasteiger charge is -2.22. The van der Waals surface area contributed by atoms with Crippen molar-refractivity contribution in [1.29, 1.82) is 0 Å². The summed E-state index contributed by atoms with van der Waals surface area (Å²) < 4.78 is 3.92. The number of nitrogens with zero attached hydrogens (tertiary/aromatic N) is 3. The van der Waals surface area contributed by atoms with Crippen LogP contribution >= 0.6 is 23.1 Å². The van der Waals surface area contributed by atoms with Crippen molar-refractivity contribution in [1.82, 2.24) is 14.5 Å². The lowest BCUT2D eigenvalue weighted by molar-refractivity contribution is 0.0767. The molecule has 0 aromatic carbocycles. The summed E-state index contributed by atoms with van der Waals surface area (Å²) >= 11 is 6.85. The molecule has 0 fully saturated rings. The van der Waals surface area contributed by atoms with Crippen molar-refractivity contribution in [2.45, 2.75) is 39.5 Å². The molecule has 0 unspecified atom stereocenters. The fourth-order valence-electron chi connectivity index (χ4n) is 1.62. The molecule has 1 heterocycles. The fraction of sp³-hybridized carbons (Fsp3) is 0.750. The Labute approximate surface area is 117 Å². The van der Waals surface area contributed by atoms with Crippen LogP contribution in [0, 0.1) is 0 Å². The number of alkyl halides is 1. The van der Waals surface area contributed by atoms with E-state index in [4.69, 9.17) is 11.6 Å². The molecule has 1 rings (SSSR count). The van der Waals surface area contributed by atoms with E-state index in [0.29, 0.717) is 23.8 Å². The third kappa shape index (κ3) is 3.65. The summed E-state index contributed by atoms with van der Waals surface area (Å²) in [5.74, 6) is 0.583. The van der Waals surface area contributed by atoms with Crippen LogP contribution < -0.4 is 0 Å². The number of carbonyl (C=O) groups is 1. The van der Waals surface area contributed by atoms with Gasteiger partial charge in [0.15, 0.2) is 0 Å². The van der Waals surface area contributed by atoms with Crippen molar-refractivity contribution in [2.75, 3.05) is 19.0 Å². The van der Waals surface area contributed by atoms with Gasteiger partial charge < -0.3 is 4.90 Å². The Morgan fingerprint density at radius 3 is 2.61 bits per heavy atom. The standard InChI is InChI=1S/C12H20ClN3OS/c1-5-16(8-6-7-13)11(17)9-10(12(2,3)4)14-15-18-9/h5-8H2,1-4H3. The first-order valence-electron chi connectivity index (χ1n) is 6.09. The number of aromatic nitrogens is 2. The van der Waals surface area contributed by atoms with E-state index in [1.807, 2.05) is 27.7 Å². The number of hydrogen-bond donors (Lipinski definition) is 0. The molecule has 102 valence electrons. The van der Waals surface area contributed by atoms with Crippen molar-refractivity contribution in [3.05, 3.63) is 10.6 Å². The van der Waals surface area contributed by atoms with Crippen LogP contribution in [0.3, 0.4) is 0 Å². The molecule has 0 saturated heterocycles. The van der Waals surface area contributed by atoms with Crippen molar-refractivity contribution in [2.24, 2.45) is 0 Å². The monoisotopic (exact) mass is 289 g/mol. The number of carbonyl (C=O) groups excluding carboxylic acids is 1. The minimum atomic E-state index is -0.163. The predicted molar refractivity (Wildman–Crippen MR) is 75.5 cm³/mol. The summed E-state index contributed by atoms with van der Waals surface area (Å²) in [6.45, 7) is 9.44. The van der Waals surface area contributed by atoms with E-state index in [-0.39, 0.29) is 11.3 Å². The van der Waals surface area contributed by atoms with Gasteiger partial charge in [-0.2, -0.15) is 0 Å². The largest absolute Gasteiger partial charge is 0.338 e. The van der Waals surface area contributed by atoms with Gasteiger partial charge >= 0.3 is 0 Å². The molecular weight excluding hydrogens is 270 g/mol. The second-order valence-electron chi connectivity index (χ2n) is 5.13. The van der Waals surface area contributed by atoms with E-state index in [2.05, 4.69) is 9.59 Å². The number of amides is 1. The normalized spacial score (nSPS) is 11.6. The van der Waals surface area contributed by atoms with E-state index >= 15 is 0 Å². The second kappa shape index (κ2) is 6.48. The van der Waals surface area contributed by atoms with Crippen LogP contribution in [0.4, 0.5) is 0 Å². The molecule has 0 bridgehead atoms. The first-order valence-corrected chi connectivity index (χ1v) is 7.40. The maximum absolute atomic E-state index is 12.4. The Balaban J connectivity index is 2.92. The van der Waals surface area contributed by atoms with Crippen LogP contribution in [-0.4, -0.2) is 39.4 Å². The molecule has 0 radical (unpaired) electrons. The van der Waals surface area contributed by atoms with Gasteiger partial charge in [0.1, 0.15) is 4.88 Å². The highest BCUT2D eigenvalue weighted by molar-refractivity contribution is 7.08. The third-order valence-electron chi connectivity index (χ3n) is 2.62. The second-order valence-corrected chi connectivity index (χ2v) is 6.26. The van der Waals surface area contributed by atoms with Gasteiger partial charge in [0.25, 0.3) is 5.91 Å². The molecule has 0 spiro atoms. The predicted octanol–water partition coefficient (Wildman–Crippen LogP) is 2.93. The van der Waals surface area contributed by atoms with Crippen molar-refractivity contribution < 1.29 is 4.79 Å². The highest BCUT2D eigenvalue weighted by Crippen LogP contribution is 2.26. The molecule has 0 atom stereocenters. The van der Waals surface area contributed by atoms with Gasteiger partial charge in [-0.1, -0.05) is 25.3 Å². The molecule has 18 heavy (non-hydrogen) atoms. The van der Waals surface area contributed by atoms with E-state index in [0.717, 1.165) is 12.1 Å². The van der Waals surface area contributed by atoms with Crippen molar-refractivity contribution in [3.63, 3.8) is 0 Å². The number of hydrogen-bond acceptors (Lipinski definition) is 4. The minimum Gasteiger partial charge on any atom is -0.338 e. The van der Waals surface area contributed by atoms with E-state index in [1.54, 1.807) is 4.90 Å². The molecule has 1 aromatic rings. The Bertz CT molecular complexity index is 400. The third-order valence-corrected chi connectivity index (χ3v) is 3.60. The summed E-state index contributed by atoms with van der Waals surface area (Å²) in [6.07, 6.45) is 0.804. The van der Waals surface area contributed by atoms with Crippen LogP contribution in [0.5, 0.6) is 0 Å². The molecular formula is C12H20ClN3OS. The molecule has 1 aromatic heterocycles. The van der Waals surface area contributed by atoms with Gasteiger partial charge in [-0.05, 0) is 24.9 Å². The highest BCUT2D eigenvalue weighted by atomic mass is 35.5. The maximum atomic E-state index is 12.4. The summed E-state index contributed by atoms with van der Waals surface area (Å²) in [6, 6.07) is 0. The minimum absolute atomic E-state index is 0.0162. The van der Waals surface area contributed by atoms with Crippen LogP contribution in [0.25, 0.3) is 0 Å². The number of rotatable bonds is 5. The first kappa shape index (κ1) is 15.4. The maximum Gasteiger partial charge on any atom is 0.267 e. The molecule has 0 aliphatic carbocycles. The zero-order valence-corrected chi connectivity index (χ0v) is 12.9. The quantitative estimate of drug-likeness (QED) is 0.783. The fourth-order valence-corrected chi connectivity index (χ4v) is 2.58. The van der Waals surface area contributed by atoms with E-state index in [9.17, 15) is 4.79 Å². The average molecular weight is 290 g/mol. The average Bonchev–Trinajstić information content (AvgIpc) is 2.78. The van der Waals surface area contributed by atoms with Gasteiger partial charge in [-0.25, -0.2) is 0 Å². The summed E-state index contributed by atoms with van der Waals surface area (Å²) in [4.78, 5) is 14.9. The van der Waals surface area contributed by atoms with Crippen LogP contribution in [0.2, 0.25) is 0 Å². The van der Waals surface area contributed by atoms with Crippen molar-refractivity contribution >= 4 is 29.0 Å². The lowest BCUT2D eigenvalue weighted by atomic mass is 9.91. The highest BCUT2D eigenvalue weighted by Gasteiger charge is 2.28. The molecule has 0 aliphatic heterocycles. The Morgan fingerprint density at radius 2 is 2.11 bits per heavy atom. The SMILES string of the molecule is CCN(CCCCl)C(=O)c1snnc1C(C)(C)C. The van der Waals surface area contributed by atoms with Crippen LogP contribution in [0.1, 0.15) is 49.5 Å². The summed E-state index contributed by atoms with van der Waals surface area (Å²) in [5, 5.41) is 4.10. The van der Waals surface area contributed by atoms with Gasteiger partial charge in [-0.3, -0.25) is 4.79 Å². The lowest BCUT2D eigenvalue weighted by Crippen LogP contribution is -2.33. The zero-order valence-electron chi connectivity index (χ0n) is 11.4. The molecule has 6 heteroatoms. The Morgan fingerprint density at radius 1 is 1.44 bits per heavy atom. The summed E-state index contributed by atoms with van der Waals surface area (Å²) in [5.41, 5.74) is 0.617. The van der Waals surface area contributed by atoms with Crippen LogP contribution in [0.15, 0.2) is 0 Å². The van der Waals surface area contributed by atoms with Crippen LogP contribution in [-0.2, 0) is 5.41 Å². The molecule has 0 aliphatic rings. The van der Waals surface area contributed by atoms with E-state index in [1.165, 1.54) is 11.5 Å². The van der Waals surface area contributed by atoms with Gasteiger partial charge in [0, 0.05) is 24.4 Å². The number of halogens is 1. The topological polar surface area (TPSA) is 46.1 Å². The van der Waals surface area contributed by atoms with Gasteiger partial charge in [0.05, 0.1) is 5.69 Å². The first-order chi connectivity index (χ1) is 8.41. The molecule has 1 amide bonds. The summed E-state index contributed by atoms with van der Waals surface area (Å²) in [7, 11) is 0. The van der Waals surface area contributed by atoms with Gasteiger partial charge in [-0.15, -0.1) is 16.7 Å². The molecule has 0 saturated carbocycles. The Hall–Kier alpha value is -0.680. The molecule has 4 nitrogen and oxygen atoms in total. The van der Waals surface area contributed by atoms with Crippen molar-refractivity contribution in [3.8, 4) is 0 Å². The smallest absolute Gasteiger partial charge is 0.267 e. The Kier molecular flexibility index (Phi) is 5.53. The van der Waals surface area contributed by atoms with Gasteiger partial charge in [0.2, 0.25) is 0 Å². The zero-order chi connectivity index (χ0) is 13.8. The molecule has 0 N–H and O–H groups in total.